The quantitative estimate of drug-likeness (QED) is 0.433. The van der Waals surface area contributed by atoms with Gasteiger partial charge in [0.1, 0.15) is 5.82 Å². The normalized spacial score (nSPS) is 18.7. The third-order valence-electron chi connectivity index (χ3n) is 7.32. The highest BCUT2D eigenvalue weighted by Crippen LogP contribution is 2.25. The second-order valence-corrected chi connectivity index (χ2v) is 9.50. The third kappa shape index (κ3) is 4.01. The number of rotatable bonds is 5. The topological polar surface area (TPSA) is 41.4 Å². The van der Waals surface area contributed by atoms with Crippen molar-refractivity contribution in [3.05, 3.63) is 95.8 Å². The standard InChI is InChI=1S/C29H30N4O/c34-29(32-19-16-25(21-32)31-17-6-7-18-31)23-14-12-22(13-15-23)20-28-30-26-10-4-5-11-27(26)33(28)24-8-2-1-3-9-24/h1-5,8-15,25H,6-7,16-21H2/t25-/m0/s1. The van der Waals surface area contributed by atoms with Crippen LogP contribution in [0.15, 0.2) is 78.9 Å². The maximum Gasteiger partial charge on any atom is 0.253 e. The fourth-order valence-electron chi connectivity index (χ4n) is 5.52. The molecule has 5 nitrogen and oxygen atoms in total. The maximum absolute atomic E-state index is 13.1. The second-order valence-electron chi connectivity index (χ2n) is 9.50. The van der Waals surface area contributed by atoms with Gasteiger partial charge in [0.05, 0.1) is 11.0 Å². The van der Waals surface area contributed by atoms with Crippen molar-refractivity contribution in [3.8, 4) is 5.69 Å². The predicted octanol–water partition coefficient (Wildman–Crippen LogP) is 4.93. The highest BCUT2D eigenvalue weighted by Gasteiger charge is 2.31. The minimum atomic E-state index is 0.157. The van der Waals surface area contributed by atoms with Crippen molar-refractivity contribution < 1.29 is 4.79 Å². The Morgan fingerprint density at radius 1 is 0.853 bits per heavy atom. The van der Waals surface area contributed by atoms with Gasteiger partial charge < -0.3 is 4.90 Å². The minimum absolute atomic E-state index is 0.157. The minimum Gasteiger partial charge on any atom is -0.337 e. The van der Waals surface area contributed by atoms with Crippen LogP contribution >= 0.6 is 0 Å². The van der Waals surface area contributed by atoms with Gasteiger partial charge in [0.2, 0.25) is 0 Å². The average molecular weight is 451 g/mol. The van der Waals surface area contributed by atoms with Crippen molar-refractivity contribution in [3.63, 3.8) is 0 Å². The van der Waals surface area contributed by atoms with Crippen LogP contribution in [-0.2, 0) is 6.42 Å². The molecular weight excluding hydrogens is 420 g/mol. The number of carbonyl (C=O) groups is 1. The summed E-state index contributed by atoms with van der Waals surface area (Å²) in [5, 5.41) is 0. The van der Waals surface area contributed by atoms with Gasteiger partial charge in [-0.2, -0.15) is 0 Å². The summed E-state index contributed by atoms with van der Waals surface area (Å²) in [4.78, 5) is 22.7. The summed E-state index contributed by atoms with van der Waals surface area (Å²) in [5.74, 6) is 1.16. The van der Waals surface area contributed by atoms with E-state index in [2.05, 4.69) is 64.1 Å². The summed E-state index contributed by atoms with van der Waals surface area (Å²) < 4.78 is 2.23. The number of benzene rings is 3. The average Bonchev–Trinajstić information content (AvgIpc) is 3.64. The molecule has 0 spiro atoms. The molecule has 0 aliphatic carbocycles. The van der Waals surface area contributed by atoms with E-state index < -0.39 is 0 Å². The Hall–Kier alpha value is -3.44. The summed E-state index contributed by atoms with van der Waals surface area (Å²) in [5.41, 5.74) is 5.15. The lowest BCUT2D eigenvalue weighted by atomic mass is 10.1. The molecule has 0 saturated carbocycles. The smallest absolute Gasteiger partial charge is 0.253 e. The zero-order chi connectivity index (χ0) is 22.9. The molecule has 5 heteroatoms. The summed E-state index contributed by atoms with van der Waals surface area (Å²) in [7, 11) is 0. The molecule has 3 aromatic carbocycles. The molecule has 0 N–H and O–H groups in total. The fraction of sp³-hybridized carbons (Fsp3) is 0.310. The van der Waals surface area contributed by atoms with E-state index in [-0.39, 0.29) is 5.91 Å². The predicted molar refractivity (Wildman–Crippen MR) is 135 cm³/mol. The van der Waals surface area contributed by atoms with Crippen LogP contribution in [0.1, 0.15) is 41.0 Å². The van der Waals surface area contributed by atoms with Gasteiger partial charge in [-0.3, -0.25) is 14.3 Å². The van der Waals surface area contributed by atoms with Crippen LogP contribution in [0.2, 0.25) is 0 Å². The van der Waals surface area contributed by atoms with Crippen LogP contribution in [0.3, 0.4) is 0 Å². The molecule has 2 saturated heterocycles. The number of nitrogens with zero attached hydrogens (tertiary/aromatic N) is 4. The Kier molecular flexibility index (Phi) is 5.63. The Morgan fingerprint density at radius 3 is 2.38 bits per heavy atom. The van der Waals surface area contributed by atoms with Crippen molar-refractivity contribution in [2.75, 3.05) is 26.2 Å². The van der Waals surface area contributed by atoms with E-state index in [1.165, 1.54) is 25.9 Å². The van der Waals surface area contributed by atoms with E-state index >= 15 is 0 Å². The molecule has 4 aromatic rings. The number of aromatic nitrogens is 2. The van der Waals surface area contributed by atoms with Crippen LogP contribution in [0.4, 0.5) is 0 Å². The first-order valence-corrected chi connectivity index (χ1v) is 12.4. The molecule has 2 aliphatic heterocycles. The van der Waals surface area contributed by atoms with Crippen LogP contribution in [-0.4, -0.2) is 57.5 Å². The lowest BCUT2D eigenvalue weighted by Crippen LogP contribution is -2.37. The summed E-state index contributed by atoms with van der Waals surface area (Å²) in [6.07, 6.45) is 4.40. The molecule has 3 heterocycles. The van der Waals surface area contributed by atoms with Gasteiger partial charge in [0.15, 0.2) is 0 Å². The van der Waals surface area contributed by atoms with E-state index in [1.54, 1.807) is 0 Å². The van der Waals surface area contributed by atoms with Gasteiger partial charge >= 0.3 is 0 Å². The molecule has 0 radical (unpaired) electrons. The van der Waals surface area contributed by atoms with Crippen LogP contribution in [0.25, 0.3) is 16.7 Å². The zero-order valence-corrected chi connectivity index (χ0v) is 19.4. The Labute approximate surface area is 200 Å². The number of hydrogen-bond donors (Lipinski definition) is 0. The lowest BCUT2D eigenvalue weighted by molar-refractivity contribution is 0.0780. The van der Waals surface area contributed by atoms with E-state index in [9.17, 15) is 4.79 Å². The molecule has 0 unspecified atom stereocenters. The number of carbonyl (C=O) groups excluding carboxylic acids is 1. The van der Waals surface area contributed by atoms with Gasteiger partial charge in [-0.25, -0.2) is 4.98 Å². The summed E-state index contributed by atoms with van der Waals surface area (Å²) >= 11 is 0. The first kappa shape index (κ1) is 21.1. The third-order valence-corrected chi connectivity index (χ3v) is 7.32. The molecule has 1 aromatic heterocycles. The number of imidazole rings is 1. The van der Waals surface area contributed by atoms with Gasteiger partial charge in [-0.05, 0) is 74.3 Å². The fourth-order valence-corrected chi connectivity index (χ4v) is 5.52. The number of para-hydroxylation sites is 3. The first-order chi connectivity index (χ1) is 16.8. The van der Waals surface area contributed by atoms with E-state index in [1.807, 2.05) is 29.2 Å². The Morgan fingerprint density at radius 2 is 1.59 bits per heavy atom. The van der Waals surface area contributed by atoms with Crippen molar-refractivity contribution >= 4 is 16.9 Å². The van der Waals surface area contributed by atoms with Gasteiger partial charge in [-0.1, -0.05) is 42.5 Å². The first-order valence-electron chi connectivity index (χ1n) is 12.4. The van der Waals surface area contributed by atoms with E-state index in [4.69, 9.17) is 4.98 Å². The molecule has 0 bridgehead atoms. The Balaban J connectivity index is 1.21. The molecule has 172 valence electrons. The van der Waals surface area contributed by atoms with E-state index in [0.717, 1.165) is 53.2 Å². The van der Waals surface area contributed by atoms with Crippen LogP contribution < -0.4 is 0 Å². The van der Waals surface area contributed by atoms with Crippen molar-refractivity contribution in [2.45, 2.75) is 31.7 Å². The highest BCUT2D eigenvalue weighted by atomic mass is 16.2. The SMILES string of the molecule is O=C(c1ccc(Cc2nc3ccccc3n2-c2ccccc2)cc1)N1CC[C@H](N2CCCC2)C1. The van der Waals surface area contributed by atoms with Crippen molar-refractivity contribution in [1.29, 1.82) is 0 Å². The second kappa shape index (κ2) is 9.07. The molecule has 6 rings (SSSR count). The highest BCUT2D eigenvalue weighted by molar-refractivity contribution is 5.94. The lowest BCUT2D eigenvalue weighted by Gasteiger charge is -2.23. The van der Waals surface area contributed by atoms with Crippen LogP contribution in [0, 0.1) is 0 Å². The summed E-state index contributed by atoms with van der Waals surface area (Å²) in [6, 6.07) is 27.3. The van der Waals surface area contributed by atoms with Crippen molar-refractivity contribution in [1.82, 2.24) is 19.4 Å². The molecule has 34 heavy (non-hydrogen) atoms. The molecule has 1 amide bonds. The van der Waals surface area contributed by atoms with E-state index in [0.29, 0.717) is 12.5 Å². The summed E-state index contributed by atoms with van der Waals surface area (Å²) in [6.45, 7) is 4.11. The van der Waals surface area contributed by atoms with Gasteiger partial charge in [0, 0.05) is 36.8 Å². The zero-order valence-electron chi connectivity index (χ0n) is 19.4. The number of likely N-dealkylation sites (tertiary alicyclic amines) is 2. The monoisotopic (exact) mass is 450 g/mol. The Bertz CT molecular complexity index is 1290. The van der Waals surface area contributed by atoms with Crippen LogP contribution in [0.5, 0.6) is 0 Å². The largest absolute Gasteiger partial charge is 0.337 e. The number of hydrogen-bond acceptors (Lipinski definition) is 3. The number of fused-ring (bicyclic) bond motifs is 1. The molecule has 2 aliphatic rings. The van der Waals surface area contributed by atoms with Gasteiger partial charge in [0.25, 0.3) is 5.91 Å². The molecule has 2 fully saturated rings. The molecular formula is C29H30N4O. The maximum atomic E-state index is 13.1. The van der Waals surface area contributed by atoms with Crippen molar-refractivity contribution in [2.24, 2.45) is 0 Å². The number of amides is 1. The van der Waals surface area contributed by atoms with Gasteiger partial charge in [-0.15, -0.1) is 0 Å². The molecule has 1 atom stereocenters.